The average Bonchev–Trinajstić information content (AvgIpc) is 2.76. The molecule has 180 valence electrons. The first-order chi connectivity index (χ1) is 16.0. The third-order valence-corrected chi connectivity index (χ3v) is 5.31. The van der Waals surface area contributed by atoms with Gasteiger partial charge >= 0.3 is 6.09 Å². The van der Waals surface area contributed by atoms with Crippen LogP contribution in [0.2, 0.25) is 0 Å². The first kappa shape index (κ1) is 26.8. The summed E-state index contributed by atoms with van der Waals surface area (Å²) in [4.78, 5) is 40.2. The highest BCUT2D eigenvalue weighted by Crippen LogP contribution is 2.27. The van der Waals surface area contributed by atoms with Crippen molar-refractivity contribution in [2.75, 3.05) is 11.1 Å². The number of hydrogen-bond acceptors (Lipinski definition) is 5. The smallest absolute Gasteiger partial charge is 0.408 e. The number of hydrogen-bond donors (Lipinski definition) is 3. The Kier molecular flexibility index (Phi) is 9.16. The number of carbonyl (C=O) groups is 3. The van der Waals surface area contributed by atoms with Crippen molar-refractivity contribution in [3.8, 4) is 12.5 Å². The molecule has 8 heteroatoms. The van der Waals surface area contributed by atoms with Crippen molar-refractivity contribution in [3.63, 3.8) is 0 Å². The van der Waals surface area contributed by atoms with Gasteiger partial charge in [0.2, 0.25) is 0 Å². The van der Waals surface area contributed by atoms with E-state index >= 15 is 0 Å². The minimum atomic E-state index is -1.14. The molecule has 0 saturated heterocycles. The van der Waals surface area contributed by atoms with Crippen molar-refractivity contribution in [2.45, 2.75) is 52.3 Å². The topological polar surface area (TPSA) is 87.7 Å². The molecule has 2 N–H and O–H groups in total. The van der Waals surface area contributed by atoms with E-state index in [1.165, 1.54) is 0 Å². The molecule has 2 aromatic carbocycles. The van der Waals surface area contributed by atoms with Crippen LogP contribution in [-0.2, 0) is 14.3 Å². The molecule has 2 aromatic rings. The lowest BCUT2D eigenvalue weighted by Crippen LogP contribution is -2.51. The van der Waals surface area contributed by atoms with Gasteiger partial charge in [-0.3, -0.25) is 14.5 Å². The summed E-state index contributed by atoms with van der Waals surface area (Å²) >= 11 is 4.21. The minimum absolute atomic E-state index is 0.0455. The number of rotatable bonds is 7. The Balaban J connectivity index is 2.42. The lowest BCUT2D eigenvalue weighted by atomic mass is 9.98. The van der Waals surface area contributed by atoms with Gasteiger partial charge in [-0.1, -0.05) is 48.9 Å². The third kappa shape index (κ3) is 7.03. The number of nitrogens with one attached hydrogen (secondary N) is 2. The SMILES string of the molecule is C#CN(C(=O)C(CS)NC(=O)OC(C)(C)C)C(C(=O)Nc1ccccc1C)c1ccccc1C. The molecular formula is C26H31N3O4S. The van der Waals surface area contributed by atoms with Crippen molar-refractivity contribution < 1.29 is 19.1 Å². The van der Waals surface area contributed by atoms with E-state index in [0.717, 1.165) is 16.0 Å². The van der Waals surface area contributed by atoms with Crippen LogP contribution in [0.1, 0.15) is 43.5 Å². The molecule has 2 rings (SSSR count). The van der Waals surface area contributed by atoms with E-state index in [0.29, 0.717) is 11.3 Å². The molecule has 0 saturated carbocycles. The van der Waals surface area contributed by atoms with Crippen LogP contribution in [0.4, 0.5) is 10.5 Å². The molecular weight excluding hydrogens is 450 g/mol. The largest absolute Gasteiger partial charge is 0.444 e. The maximum absolute atomic E-state index is 13.5. The maximum atomic E-state index is 13.5. The number of amides is 3. The molecule has 0 bridgehead atoms. The van der Waals surface area contributed by atoms with Gasteiger partial charge < -0.3 is 15.4 Å². The second-order valence-electron chi connectivity index (χ2n) is 8.78. The number of carbonyl (C=O) groups excluding carboxylic acids is 3. The molecule has 3 amide bonds. The summed E-state index contributed by atoms with van der Waals surface area (Å²) < 4.78 is 5.25. The van der Waals surface area contributed by atoms with Gasteiger partial charge in [0.15, 0.2) is 0 Å². The van der Waals surface area contributed by atoms with E-state index in [-0.39, 0.29) is 5.75 Å². The first-order valence-corrected chi connectivity index (χ1v) is 11.4. The van der Waals surface area contributed by atoms with Gasteiger partial charge in [-0.05, 0) is 57.4 Å². The molecule has 34 heavy (non-hydrogen) atoms. The van der Waals surface area contributed by atoms with Crippen LogP contribution < -0.4 is 10.6 Å². The van der Waals surface area contributed by atoms with Crippen LogP contribution in [0.25, 0.3) is 0 Å². The molecule has 0 spiro atoms. The third-order valence-electron chi connectivity index (χ3n) is 4.94. The molecule has 0 radical (unpaired) electrons. The molecule has 2 unspecified atom stereocenters. The summed E-state index contributed by atoms with van der Waals surface area (Å²) in [6, 6.07) is 14.6. The van der Waals surface area contributed by atoms with E-state index in [1.807, 2.05) is 38.1 Å². The number of ether oxygens (including phenoxy) is 1. The number of aryl methyl sites for hydroxylation is 2. The van der Waals surface area contributed by atoms with Gasteiger partial charge in [0.25, 0.3) is 11.8 Å². The van der Waals surface area contributed by atoms with Crippen LogP contribution in [0.15, 0.2) is 48.5 Å². The van der Waals surface area contributed by atoms with Crippen LogP contribution >= 0.6 is 12.6 Å². The lowest BCUT2D eigenvalue weighted by Gasteiger charge is -2.30. The molecule has 2 atom stereocenters. The van der Waals surface area contributed by atoms with E-state index in [9.17, 15) is 14.4 Å². The Labute approximate surface area is 206 Å². The lowest BCUT2D eigenvalue weighted by molar-refractivity contribution is -0.136. The fourth-order valence-electron chi connectivity index (χ4n) is 3.27. The Hall–Kier alpha value is -3.44. The molecule has 7 nitrogen and oxygen atoms in total. The Bertz CT molecular complexity index is 1090. The Morgan fingerprint density at radius 1 is 1.06 bits per heavy atom. The number of nitrogens with zero attached hydrogens (tertiary/aromatic N) is 1. The Morgan fingerprint density at radius 3 is 2.18 bits per heavy atom. The molecule has 0 aliphatic carbocycles. The van der Waals surface area contributed by atoms with Gasteiger partial charge in [-0.25, -0.2) is 4.79 Å². The van der Waals surface area contributed by atoms with E-state index < -0.39 is 35.6 Å². The molecule has 0 aromatic heterocycles. The first-order valence-electron chi connectivity index (χ1n) is 10.8. The zero-order valence-electron chi connectivity index (χ0n) is 20.1. The number of anilines is 1. The maximum Gasteiger partial charge on any atom is 0.408 e. The summed E-state index contributed by atoms with van der Waals surface area (Å²) in [6.07, 6.45) is 4.97. The van der Waals surface area contributed by atoms with E-state index in [2.05, 4.69) is 29.3 Å². The van der Waals surface area contributed by atoms with Crippen molar-refractivity contribution in [1.82, 2.24) is 10.2 Å². The summed E-state index contributed by atoms with van der Waals surface area (Å²) in [6.45, 7) is 8.83. The highest BCUT2D eigenvalue weighted by molar-refractivity contribution is 7.80. The Morgan fingerprint density at radius 2 is 1.65 bits per heavy atom. The van der Waals surface area contributed by atoms with Crippen molar-refractivity contribution in [2.24, 2.45) is 0 Å². The van der Waals surface area contributed by atoms with Crippen LogP contribution in [0, 0.1) is 26.3 Å². The summed E-state index contributed by atoms with van der Waals surface area (Å²) in [5.41, 5.74) is 2.06. The zero-order chi connectivity index (χ0) is 25.5. The summed E-state index contributed by atoms with van der Waals surface area (Å²) in [7, 11) is 0. The fraction of sp³-hybridized carbons (Fsp3) is 0.346. The monoisotopic (exact) mass is 481 g/mol. The normalized spacial score (nSPS) is 12.6. The van der Waals surface area contributed by atoms with Gasteiger partial charge in [0, 0.05) is 17.5 Å². The number of thiol groups is 1. The van der Waals surface area contributed by atoms with Gasteiger partial charge in [0.05, 0.1) is 0 Å². The van der Waals surface area contributed by atoms with Gasteiger partial charge in [-0.2, -0.15) is 12.6 Å². The quantitative estimate of drug-likeness (QED) is 0.314. The second kappa shape index (κ2) is 11.6. The van der Waals surface area contributed by atoms with Gasteiger partial charge in [0.1, 0.15) is 17.7 Å². The molecule has 0 aliphatic heterocycles. The van der Waals surface area contributed by atoms with Crippen LogP contribution in [0.5, 0.6) is 0 Å². The predicted molar refractivity (Wildman–Crippen MR) is 136 cm³/mol. The summed E-state index contributed by atoms with van der Waals surface area (Å²) in [5, 5.41) is 5.38. The molecule has 0 heterocycles. The predicted octanol–water partition coefficient (Wildman–Crippen LogP) is 4.23. The van der Waals surface area contributed by atoms with Crippen molar-refractivity contribution in [3.05, 3.63) is 65.2 Å². The second-order valence-corrected chi connectivity index (χ2v) is 9.15. The number of alkyl carbamates (subject to hydrolysis) is 1. The zero-order valence-corrected chi connectivity index (χ0v) is 21.0. The highest BCUT2D eigenvalue weighted by Gasteiger charge is 2.36. The van der Waals surface area contributed by atoms with Crippen molar-refractivity contribution in [1.29, 1.82) is 0 Å². The molecule has 0 aliphatic rings. The average molecular weight is 482 g/mol. The summed E-state index contributed by atoms with van der Waals surface area (Å²) in [5.74, 6) is -1.18. The number of benzene rings is 2. The number of para-hydroxylation sites is 1. The number of terminal acetylenes is 1. The van der Waals surface area contributed by atoms with E-state index in [4.69, 9.17) is 11.2 Å². The highest BCUT2D eigenvalue weighted by atomic mass is 32.1. The van der Waals surface area contributed by atoms with Gasteiger partial charge in [-0.15, -0.1) is 0 Å². The van der Waals surface area contributed by atoms with E-state index in [1.54, 1.807) is 45.0 Å². The molecule has 0 fully saturated rings. The van der Waals surface area contributed by atoms with Crippen molar-refractivity contribution >= 4 is 36.2 Å². The minimum Gasteiger partial charge on any atom is -0.444 e. The fourth-order valence-corrected chi connectivity index (χ4v) is 3.52. The van der Waals surface area contributed by atoms with Crippen LogP contribution in [-0.4, -0.2) is 40.2 Å². The van der Waals surface area contributed by atoms with Crippen LogP contribution in [0.3, 0.4) is 0 Å². The standard InChI is InChI=1S/C26H31N3O4S/c1-7-29(24(31)21(16-34)28-25(32)33-26(4,5)6)22(19-14-10-8-12-17(19)2)23(30)27-20-15-11-9-13-18(20)3/h1,8-15,21-22,34H,16H2,2-6H3,(H,27,30)(H,28,32).